The van der Waals surface area contributed by atoms with Crippen LogP contribution in [0, 0.1) is 0 Å². The van der Waals surface area contributed by atoms with Crippen LogP contribution in [0.4, 0.5) is 4.39 Å². The van der Waals surface area contributed by atoms with Crippen LogP contribution < -0.4 is 5.32 Å². The minimum Gasteiger partial charge on any atom is -0.466 e. The van der Waals surface area contributed by atoms with Gasteiger partial charge in [-0.05, 0) is 41.0 Å². The summed E-state index contributed by atoms with van der Waals surface area (Å²) in [5.74, 6) is -0.294. The molecule has 22 heavy (non-hydrogen) atoms. The molecule has 3 nitrogen and oxygen atoms in total. The molecule has 0 aromatic heterocycles. The molecule has 2 aromatic rings. The molecule has 5 heteroatoms. The van der Waals surface area contributed by atoms with Crippen molar-refractivity contribution in [1.82, 2.24) is 5.32 Å². The van der Waals surface area contributed by atoms with Gasteiger partial charge in [0.1, 0.15) is 6.67 Å². The molecule has 0 fully saturated rings. The smallest absolute Gasteiger partial charge is 0.310 e. The van der Waals surface area contributed by atoms with Crippen molar-refractivity contribution in [3.05, 3.63) is 46.5 Å². The number of esters is 1. The summed E-state index contributed by atoms with van der Waals surface area (Å²) in [6.07, 6.45) is 0.144. The maximum absolute atomic E-state index is 12.2. The molecule has 0 aliphatic rings. The fraction of sp³-hybridized carbons (Fsp3) is 0.353. The molecule has 0 bridgehead atoms. The number of rotatable bonds is 7. The summed E-state index contributed by atoms with van der Waals surface area (Å²) in [5, 5.41) is 5.50. The predicted molar refractivity (Wildman–Crippen MR) is 87.0 cm³/mol. The van der Waals surface area contributed by atoms with Gasteiger partial charge in [0.2, 0.25) is 0 Å². The molecule has 1 N–H and O–H groups in total. The molecule has 0 atom stereocenters. The molecule has 0 aliphatic carbocycles. The number of carbonyl (C=O) groups is 1. The van der Waals surface area contributed by atoms with E-state index >= 15 is 0 Å². The Hall–Kier alpha value is -1.65. The van der Waals surface area contributed by atoms with Crippen molar-refractivity contribution in [2.45, 2.75) is 19.9 Å². The predicted octanol–water partition coefficient (Wildman–Crippen LogP) is 3.66. The molecule has 0 amide bonds. The first-order chi connectivity index (χ1) is 10.7. The van der Waals surface area contributed by atoms with Crippen LogP contribution in [0.1, 0.15) is 18.1 Å². The lowest BCUT2D eigenvalue weighted by Gasteiger charge is -2.11. The molecule has 0 aliphatic heterocycles. The normalized spacial score (nSPS) is 10.9. The average molecular weight is 324 g/mol. The molecule has 118 valence electrons. The SMILES string of the molecule is CCOC(=O)Cc1c(Cl)ccc2ccc(CNCCF)cc12. The van der Waals surface area contributed by atoms with Crippen LogP contribution in [-0.4, -0.2) is 25.8 Å². The van der Waals surface area contributed by atoms with Crippen molar-refractivity contribution in [3.63, 3.8) is 0 Å². The van der Waals surface area contributed by atoms with E-state index in [1.807, 2.05) is 24.3 Å². The number of nitrogens with one attached hydrogen (secondary N) is 1. The van der Waals surface area contributed by atoms with Crippen LogP contribution >= 0.6 is 11.6 Å². The van der Waals surface area contributed by atoms with Crippen LogP contribution in [0.2, 0.25) is 5.02 Å². The zero-order valence-electron chi connectivity index (χ0n) is 12.5. The van der Waals surface area contributed by atoms with Gasteiger partial charge < -0.3 is 10.1 Å². The van der Waals surface area contributed by atoms with Gasteiger partial charge in [0.25, 0.3) is 0 Å². The second kappa shape index (κ2) is 8.11. The van der Waals surface area contributed by atoms with E-state index in [1.165, 1.54) is 0 Å². The van der Waals surface area contributed by atoms with Crippen LogP contribution in [0.5, 0.6) is 0 Å². The van der Waals surface area contributed by atoms with Gasteiger partial charge in [0.15, 0.2) is 0 Å². The number of fused-ring (bicyclic) bond motifs is 1. The Morgan fingerprint density at radius 1 is 1.32 bits per heavy atom. The number of carbonyl (C=O) groups excluding carboxylic acids is 1. The van der Waals surface area contributed by atoms with Crippen LogP contribution in [0.15, 0.2) is 30.3 Å². The van der Waals surface area contributed by atoms with E-state index in [0.29, 0.717) is 24.7 Å². The van der Waals surface area contributed by atoms with E-state index in [2.05, 4.69) is 5.32 Å². The fourth-order valence-electron chi connectivity index (χ4n) is 2.35. The van der Waals surface area contributed by atoms with E-state index in [1.54, 1.807) is 13.0 Å². The van der Waals surface area contributed by atoms with Crippen molar-refractivity contribution in [3.8, 4) is 0 Å². The summed E-state index contributed by atoms with van der Waals surface area (Å²) in [6.45, 7) is 2.62. The molecule has 0 heterocycles. The Bertz CT molecular complexity index is 660. The van der Waals surface area contributed by atoms with E-state index in [4.69, 9.17) is 16.3 Å². The Balaban J connectivity index is 2.33. The molecule has 2 rings (SSSR count). The van der Waals surface area contributed by atoms with Crippen molar-refractivity contribution in [2.24, 2.45) is 0 Å². The van der Waals surface area contributed by atoms with Crippen molar-refractivity contribution >= 4 is 28.3 Å². The maximum Gasteiger partial charge on any atom is 0.310 e. The summed E-state index contributed by atoms with van der Waals surface area (Å²) in [6, 6.07) is 9.66. The first-order valence-corrected chi connectivity index (χ1v) is 7.65. The van der Waals surface area contributed by atoms with E-state index in [9.17, 15) is 9.18 Å². The van der Waals surface area contributed by atoms with E-state index in [0.717, 1.165) is 21.9 Å². The van der Waals surface area contributed by atoms with Gasteiger partial charge in [0, 0.05) is 18.1 Å². The van der Waals surface area contributed by atoms with Gasteiger partial charge in [-0.2, -0.15) is 0 Å². The zero-order valence-corrected chi connectivity index (χ0v) is 13.3. The third kappa shape index (κ3) is 4.18. The molecule has 0 saturated carbocycles. The summed E-state index contributed by atoms with van der Waals surface area (Å²) in [5.41, 5.74) is 1.79. The first-order valence-electron chi connectivity index (χ1n) is 7.28. The average Bonchev–Trinajstić information content (AvgIpc) is 2.51. The molecule has 0 spiro atoms. The number of hydrogen-bond acceptors (Lipinski definition) is 3. The number of benzene rings is 2. The number of halogens is 2. The molecular weight excluding hydrogens is 305 g/mol. The molecule has 2 aromatic carbocycles. The van der Waals surface area contributed by atoms with Crippen molar-refractivity contribution in [1.29, 1.82) is 0 Å². The lowest BCUT2D eigenvalue weighted by molar-refractivity contribution is -0.142. The minimum atomic E-state index is -0.395. The van der Waals surface area contributed by atoms with Crippen LogP contribution in [0.3, 0.4) is 0 Å². The highest BCUT2D eigenvalue weighted by Gasteiger charge is 2.12. The quantitative estimate of drug-likeness (QED) is 0.624. The fourth-order valence-corrected chi connectivity index (χ4v) is 2.58. The zero-order chi connectivity index (χ0) is 15.9. The second-order valence-electron chi connectivity index (χ2n) is 4.93. The van der Waals surface area contributed by atoms with Crippen molar-refractivity contribution in [2.75, 3.05) is 19.8 Å². The Morgan fingerprint density at radius 3 is 2.82 bits per heavy atom. The maximum atomic E-state index is 12.2. The summed E-state index contributed by atoms with van der Waals surface area (Å²) in [7, 11) is 0. The standard InChI is InChI=1S/C17H19ClFNO2/c1-2-22-17(21)10-15-14-9-12(11-20-8-7-19)3-4-13(14)5-6-16(15)18/h3-6,9,20H,2,7-8,10-11H2,1H3. The molecule has 0 radical (unpaired) electrons. The third-order valence-electron chi connectivity index (χ3n) is 3.37. The van der Waals surface area contributed by atoms with Gasteiger partial charge in [0.05, 0.1) is 13.0 Å². The topological polar surface area (TPSA) is 38.3 Å². The lowest BCUT2D eigenvalue weighted by Crippen LogP contribution is -2.16. The highest BCUT2D eigenvalue weighted by atomic mass is 35.5. The van der Waals surface area contributed by atoms with Crippen molar-refractivity contribution < 1.29 is 13.9 Å². The highest BCUT2D eigenvalue weighted by molar-refractivity contribution is 6.32. The summed E-state index contributed by atoms with van der Waals surface area (Å²) in [4.78, 5) is 11.8. The summed E-state index contributed by atoms with van der Waals surface area (Å²) >= 11 is 6.25. The number of alkyl halides is 1. The van der Waals surface area contributed by atoms with Crippen LogP contribution in [-0.2, 0) is 22.5 Å². The Labute approximate surface area is 134 Å². The molecule has 0 unspecified atom stereocenters. The highest BCUT2D eigenvalue weighted by Crippen LogP contribution is 2.28. The van der Waals surface area contributed by atoms with E-state index < -0.39 is 6.67 Å². The van der Waals surface area contributed by atoms with Crippen LogP contribution in [0.25, 0.3) is 10.8 Å². The third-order valence-corrected chi connectivity index (χ3v) is 3.72. The van der Waals surface area contributed by atoms with Gasteiger partial charge in [-0.3, -0.25) is 4.79 Å². The second-order valence-corrected chi connectivity index (χ2v) is 5.34. The number of ether oxygens (including phenoxy) is 1. The number of hydrogen-bond donors (Lipinski definition) is 1. The molecule has 0 saturated heterocycles. The Kier molecular flexibility index (Phi) is 6.16. The minimum absolute atomic E-state index is 0.144. The largest absolute Gasteiger partial charge is 0.466 e. The Morgan fingerprint density at radius 2 is 2.09 bits per heavy atom. The summed E-state index contributed by atoms with van der Waals surface area (Å²) < 4.78 is 17.2. The monoisotopic (exact) mass is 323 g/mol. The van der Waals surface area contributed by atoms with Gasteiger partial charge in [-0.1, -0.05) is 29.8 Å². The van der Waals surface area contributed by atoms with Gasteiger partial charge in [-0.25, -0.2) is 4.39 Å². The van der Waals surface area contributed by atoms with E-state index in [-0.39, 0.29) is 12.4 Å². The molecular formula is C17H19ClFNO2. The van der Waals surface area contributed by atoms with Gasteiger partial charge >= 0.3 is 5.97 Å². The lowest BCUT2D eigenvalue weighted by atomic mass is 9.99. The first kappa shape index (κ1) is 16.7. The van der Waals surface area contributed by atoms with Gasteiger partial charge in [-0.15, -0.1) is 0 Å².